The van der Waals surface area contributed by atoms with Crippen LogP contribution in [0.1, 0.15) is 29.9 Å². The van der Waals surface area contributed by atoms with Crippen LogP contribution in [0.3, 0.4) is 0 Å². The Morgan fingerprint density at radius 2 is 2.15 bits per heavy atom. The number of para-hydroxylation sites is 1. The number of carbonyl (C=O) groups excluding carboxylic acids is 2. The highest BCUT2D eigenvalue weighted by Gasteiger charge is 2.36. The molecule has 0 saturated heterocycles. The van der Waals surface area contributed by atoms with Crippen LogP contribution in [0.2, 0.25) is 0 Å². The molecule has 0 radical (unpaired) electrons. The highest BCUT2D eigenvalue weighted by molar-refractivity contribution is 5.98. The largest absolute Gasteiger partial charge is 0.496 e. The summed E-state index contributed by atoms with van der Waals surface area (Å²) in [6.07, 6.45) is 2.36. The fourth-order valence-electron chi connectivity index (χ4n) is 3.67. The van der Waals surface area contributed by atoms with Gasteiger partial charge in [0.25, 0.3) is 5.91 Å². The molecule has 1 aromatic heterocycles. The summed E-state index contributed by atoms with van der Waals surface area (Å²) >= 11 is 0. The molecule has 3 N–H and O–H groups in total. The van der Waals surface area contributed by atoms with Gasteiger partial charge in [-0.15, -0.1) is 0 Å². The van der Waals surface area contributed by atoms with Gasteiger partial charge < -0.3 is 25.3 Å². The molecule has 0 bridgehead atoms. The predicted octanol–water partition coefficient (Wildman–Crippen LogP) is 1.63. The maximum absolute atomic E-state index is 13.4. The Labute approximate surface area is 156 Å². The van der Waals surface area contributed by atoms with E-state index in [0.717, 1.165) is 17.0 Å². The van der Waals surface area contributed by atoms with Crippen molar-refractivity contribution in [3.63, 3.8) is 0 Å². The van der Waals surface area contributed by atoms with Gasteiger partial charge in [0.1, 0.15) is 5.75 Å². The monoisotopic (exact) mass is 367 g/mol. The maximum Gasteiger partial charge on any atom is 0.319 e. The van der Waals surface area contributed by atoms with Gasteiger partial charge in [-0.1, -0.05) is 18.2 Å². The average molecular weight is 367 g/mol. The average Bonchev–Trinajstić information content (AvgIpc) is 3.14. The van der Waals surface area contributed by atoms with Gasteiger partial charge in [0, 0.05) is 24.2 Å². The lowest BCUT2D eigenvalue weighted by Crippen LogP contribution is -2.48. The van der Waals surface area contributed by atoms with Crippen LogP contribution in [0, 0.1) is 0 Å². The minimum absolute atomic E-state index is 0.115. The van der Waals surface area contributed by atoms with Gasteiger partial charge in [-0.25, -0.2) is 9.78 Å². The lowest BCUT2D eigenvalue weighted by molar-refractivity contribution is -0.128. The van der Waals surface area contributed by atoms with E-state index in [9.17, 15) is 9.59 Å². The van der Waals surface area contributed by atoms with Crippen LogP contribution in [0.5, 0.6) is 5.75 Å². The number of nitrogens with zero attached hydrogens (tertiary/aromatic N) is 2. The molecule has 3 heterocycles. The van der Waals surface area contributed by atoms with E-state index >= 15 is 0 Å². The first-order chi connectivity index (χ1) is 13.1. The van der Waals surface area contributed by atoms with Crippen molar-refractivity contribution in [1.29, 1.82) is 0 Å². The molecule has 0 unspecified atom stereocenters. The SMILES string of the molecule is COc1ccccc1[C@@H]1NC(=O)NC(C)=C1C(=O)N1CCc2nc[nH]c2C1. The molecule has 2 aromatic rings. The lowest BCUT2D eigenvalue weighted by Gasteiger charge is -2.34. The van der Waals surface area contributed by atoms with Crippen molar-refractivity contribution in [2.75, 3.05) is 13.7 Å². The first kappa shape index (κ1) is 17.1. The first-order valence-corrected chi connectivity index (χ1v) is 8.80. The molecule has 140 valence electrons. The van der Waals surface area contributed by atoms with Gasteiger partial charge in [0.2, 0.25) is 0 Å². The van der Waals surface area contributed by atoms with Gasteiger partial charge in [-0.3, -0.25) is 4.79 Å². The van der Waals surface area contributed by atoms with Crippen molar-refractivity contribution in [3.8, 4) is 5.75 Å². The normalized spacial score (nSPS) is 19.3. The van der Waals surface area contributed by atoms with Gasteiger partial charge in [0.05, 0.1) is 43.0 Å². The van der Waals surface area contributed by atoms with Gasteiger partial charge in [-0.05, 0) is 13.0 Å². The molecule has 8 heteroatoms. The highest BCUT2D eigenvalue weighted by Crippen LogP contribution is 2.34. The first-order valence-electron chi connectivity index (χ1n) is 8.80. The van der Waals surface area contributed by atoms with E-state index in [1.54, 1.807) is 25.3 Å². The molecule has 1 aromatic carbocycles. The summed E-state index contributed by atoms with van der Waals surface area (Å²) in [4.78, 5) is 34.6. The minimum Gasteiger partial charge on any atom is -0.496 e. The van der Waals surface area contributed by atoms with E-state index in [1.165, 1.54) is 0 Å². The van der Waals surface area contributed by atoms with Crippen molar-refractivity contribution >= 4 is 11.9 Å². The number of fused-ring (bicyclic) bond motifs is 1. The Hall–Kier alpha value is -3.29. The number of hydrogen-bond acceptors (Lipinski definition) is 4. The Balaban J connectivity index is 1.71. The van der Waals surface area contributed by atoms with Crippen molar-refractivity contribution in [2.45, 2.75) is 25.9 Å². The molecule has 0 aliphatic carbocycles. The fourth-order valence-corrected chi connectivity index (χ4v) is 3.67. The lowest BCUT2D eigenvalue weighted by atomic mass is 9.93. The summed E-state index contributed by atoms with van der Waals surface area (Å²) in [5.74, 6) is 0.508. The minimum atomic E-state index is -0.578. The van der Waals surface area contributed by atoms with Crippen molar-refractivity contribution in [2.24, 2.45) is 0 Å². The Morgan fingerprint density at radius 3 is 2.96 bits per heavy atom. The van der Waals surface area contributed by atoms with Crippen LogP contribution in [0.25, 0.3) is 0 Å². The number of methoxy groups -OCH3 is 1. The highest BCUT2D eigenvalue weighted by atomic mass is 16.5. The standard InChI is InChI=1S/C19H21N5O3/c1-11-16(18(25)24-8-7-13-14(9-24)21-10-20-13)17(23-19(26)22-11)12-5-3-4-6-15(12)27-2/h3-6,10,17H,7-9H2,1-2H3,(H,20,21)(H2,22,23,26)/t17-/m0/s1. The number of rotatable bonds is 3. The summed E-state index contributed by atoms with van der Waals surface area (Å²) < 4.78 is 5.45. The molecule has 0 saturated carbocycles. The Morgan fingerprint density at radius 1 is 1.33 bits per heavy atom. The van der Waals surface area contributed by atoms with Gasteiger partial charge >= 0.3 is 6.03 Å². The fraction of sp³-hybridized carbons (Fsp3) is 0.316. The topological polar surface area (TPSA) is 99.3 Å². The number of H-pyrrole nitrogens is 1. The van der Waals surface area contributed by atoms with E-state index in [1.807, 2.05) is 24.3 Å². The molecule has 8 nitrogen and oxygen atoms in total. The molecular weight excluding hydrogens is 346 g/mol. The number of nitrogens with one attached hydrogen (secondary N) is 3. The van der Waals surface area contributed by atoms with E-state index in [4.69, 9.17) is 4.74 Å². The molecule has 1 atom stereocenters. The van der Waals surface area contributed by atoms with E-state index in [0.29, 0.717) is 36.5 Å². The molecule has 3 amide bonds. The third-order valence-electron chi connectivity index (χ3n) is 5.01. The maximum atomic E-state index is 13.4. The summed E-state index contributed by atoms with van der Waals surface area (Å²) in [5, 5.41) is 5.59. The number of imidazole rings is 1. The predicted molar refractivity (Wildman–Crippen MR) is 97.8 cm³/mol. The molecule has 2 aliphatic heterocycles. The number of carbonyl (C=O) groups is 2. The van der Waals surface area contributed by atoms with Crippen LogP contribution >= 0.6 is 0 Å². The Bertz CT molecular complexity index is 933. The van der Waals surface area contributed by atoms with Gasteiger partial charge in [0.15, 0.2) is 0 Å². The summed E-state index contributed by atoms with van der Waals surface area (Å²) in [7, 11) is 1.57. The van der Waals surface area contributed by atoms with Crippen LogP contribution in [-0.2, 0) is 17.8 Å². The second kappa shape index (κ2) is 6.79. The molecule has 27 heavy (non-hydrogen) atoms. The van der Waals surface area contributed by atoms with Crippen molar-refractivity contribution in [3.05, 3.63) is 58.8 Å². The molecule has 0 spiro atoms. The summed E-state index contributed by atoms with van der Waals surface area (Å²) in [6, 6.07) is 6.48. The van der Waals surface area contributed by atoms with Crippen molar-refractivity contribution in [1.82, 2.24) is 25.5 Å². The number of urea groups is 1. The Kier molecular flexibility index (Phi) is 4.31. The van der Waals surface area contributed by atoms with E-state index < -0.39 is 6.04 Å². The molecular formula is C19H21N5O3. The van der Waals surface area contributed by atoms with E-state index in [2.05, 4.69) is 20.6 Å². The van der Waals surface area contributed by atoms with Crippen LogP contribution < -0.4 is 15.4 Å². The summed E-state index contributed by atoms with van der Waals surface area (Å²) in [5.41, 5.74) is 3.77. The third kappa shape index (κ3) is 3.03. The second-order valence-corrected chi connectivity index (χ2v) is 6.62. The zero-order chi connectivity index (χ0) is 19.0. The number of allylic oxidation sites excluding steroid dienone is 1. The number of aromatic amines is 1. The summed E-state index contributed by atoms with van der Waals surface area (Å²) in [6.45, 7) is 2.80. The third-order valence-corrected chi connectivity index (χ3v) is 5.01. The number of amides is 3. The van der Waals surface area contributed by atoms with Crippen LogP contribution in [-0.4, -0.2) is 40.5 Å². The zero-order valence-corrected chi connectivity index (χ0v) is 15.2. The van der Waals surface area contributed by atoms with Gasteiger partial charge in [-0.2, -0.15) is 0 Å². The second-order valence-electron chi connectivity index (χ2n) is 6.62. The van der Waals surface area contributed by atoms with Crippen molar-refractivity contribution < 1.29 is 14.3 Å². The van der Waals surface area contributed by atoms with E-state index in [-0.39, 0.29) is 11.9 Å². The molecule has 2 aliphatic rings. The quantitative estimate of drug-likeness (QED) is 0.768. The number of benzene rings is 1. The zero-order valence-electron chi connectivity index (χ0n) is 15.2. The number of hydrogen-bond donors (Lipinski definition) is 3. The number of aromatic nitrogens is 2. The van der Waals surface area contributed by atoms with Crippen LogP contribution in [0.15, 0.2) is 41.9 Å². The molecule has 4 rings (SSSR count). The molecule has 0 fully saturated rings. The van der Waals surface area contributed by atoms with Crippen LogP contribution in [0.4, 0.5) is 4.79 Å². The number of ether oxygens (including phenoxy) is 1. The smallest absolute Gasteiger partial charge is 0.319 e.